The molecule has 1 aliphatic heterocycles. The highest BCUT2D eigenvalue weighted by atomic mass is 19.4. The zero-order chi connectivity index (χ0) is 18.2. The molecular formula is C17H18F4N2O2. The van der Waals surface area contributed by atoms with Crippen molar-refractivity contribution < 1.29 is 27.5 Å². The molecule has 1 aromatic carbocycles. The third-order valence-corrected chi connectivity index (χ3v) is 5.91. The summed E-state index contributed by atoms with van der Waals surface area (Å²) in [6, 6.07) is 1.87. The van der Waals surface area contributed by atoms with E-state index in [2.05, 4.69) is 5.32 Å². The number of fused-ring (bicyclic) bond motifs is 1. The van der Waals surface area contributed by atoms with Crippen molar-refractivity contribution in [3.8, 4) is 0 Å². The van der Waals surface area contributed by atoms with Gasteiger partial charge < -0.3 is 10.8 Å². The molecular weight excluding hydrogens is 340 g/mol. The van der Waals surface area contributed by atoms with Crippen molar-refractivity contribution in [1.29, 1.82) is 0 Å². The molecule has 8 heteroatoms. The first-order chi connectivity index (χ1) is 11.6. The van der Waals surface area contributed by atoms with Gasteiger partial charge in [0.15, 0.2) is 0 Å². The largest absolute Gasteiger partial charge is 0.416 e. The minimum Gasteiger partial charge on any atom is -0.389 e. The number of hydrogen-bond acceptors (Lipinski definition) is 3. The monoisotopic (exact) mass is 358 g/mol. The van der Waals surface area contributed by atoms with Crippen molar-refractivity contribution in [1.82, 2.24) is 5.32 Å². The van der Waals surface area contributed by atoms with Crippen LogP contribution in [0.3, 0.4) is 0 Å². The Kier molecular flexibility index (Phi) is 3.32. The van der Waals surface area contributed by atoms with E-state index in [1.54, 1.807) is 0 Å². The van der Waals surface area contributed by atoms with Gasteiger partial charge in [-0.2, -0.15) is 13.2 Å². The zero-order valence-corrected chi connectivity index (χ0v) is 13.2. The second-order valence-corrected chi connectivity index (χ2v) is 7.55. The number of rotatable bonds is 4. The number of halogens is 4. The molecule has 4 N–H and O–H groups in total. The second-order valence-electron chi connectivity index (χ2n) is 7.55. The molecule has 4 atom stereocenters. The van der Waals surface area contributed by atoms with Gasteiger partial charge in [0.25, 0.3) is 0 Å². The van der Waals surface area contributed by atoms with Gasteiger partial charge in [-0.1, -0.05) is 6.07 Å². The molecule has 2 saturated carbocycles. The number of nitrogens with two attached hydrogens (primary N) is 1. The highest BCUT2D eigenvalue weighted by Crippen LogP contribution is 2.66. The third-order valence-electron chi connectivity index (χ3n) is 5.91. The molecule has 3 fully saturated rings. The molecule has 4 rings (SSSR count). The number of carbonyl (C=O) groups excluding carboxylic acids is 1. The van der Waals surface area contributed by atoms with E-state index in [9.17, 15) is 27.5 Å². The number of primary amides is 1. The predicted molar refractivity (Wildman–Crippen MR) is 79.9 cm³/mol. The fourth-order valence-electron chi connectivity index (χ4n) is 4.51. The van der Waals surface area contributed by atoms with Crippen LogP contribution in [-0.4, -0.2) is 28.2 Å². The van der Waals surface area contributed by atoms with Gasteiger partial charge in [-0.15, -0.1) is 0 Å². The van der Waals surface area contributed by atoms with E-state index in [0.29, 0.717) is 31.7 Å². The number of piperidine rings is 1. The van der Waals surface area contributed by atoms with Gasteiger partial charge in [-0.3, -0.25) is 10.1 Å². The molecule has 1 amide bonds. The Morgan fingerprint density at radius 3 is 2.52 bits per heavy atom. The fourth-order valence-corrected chi connectivity index (χ4v) is 4.51. The molecule has 3 aliphatic rings. The first-order valence-corrected chi connectivity index (χ1v) is 8.23. The average Bonchev–Trinajstić information content (AvgIpc) is 3.38. The van der Waals surface area contributed by atoms with Gasteiger partial charge >= 0.3 is 6.18 Å². The zero-order valence-electron chi connectivity index (χ0n) is 13.2. The number of aliphatic hydroxyl groups is 1. The molecule has 25 heavy (non-hydrogen) atoms. The molecule has 0 radical (unpaired) electrons. The normalized spacial score (nSPS) is 33.6. The Bertz CT molecular complexity index is 747. The predicted octanol–water partition coefficient (Wildman–Crippen LogP) is 2.06. The topological polar surface area (TPSA) is 75.4 Å². The van der Waals surface area contributed by atoms with Gasteiger partial charge in [-0.25, -0.2) is 4.39 Å². The van der Waals surface area contributed by atoms with E-state index in [4.69, 9.17) is 5.73 Å². The van der Waals surface area contributed by atoms with Crippen LogP contribution in [0, 0.1) is 11.7 Å². The summed E-state index contributed by atoms with van der Waals surface area (Å²) in [7, 11) is 0. The van der Waals surface area contributed by atoms with Crippen LogP contribution in [0.2, 0.25) is 0 Å². The summed E-state index contributed by atoms with van der Waals surface area (Å²) in [5.74, 6) is -2.14. The van der Waals surface area contributed by atoms with E-state index in [-0.39, 0.29) is 11.5 Å². The van der Waals surface area contributed by atoms with Crippen molar-refractivity contribution >= 4 is 5.91 Å². The number of amides is 1. The first kappa shape index (κ1) is 16.8. The lowest BCUT2D eigenvalue weighted by Crippen LogP contribution is -2.49. The van der Waals surface area contributed by atoms with Gasteiger partial charge in [0.2, 0.25) is 5.91 Å². The highest BCUT2D eigenvalue weighted by molar-refractivity contribution is 5.81. The summed E-state index contributed by atoms with van der Waals surface area (Å²) in [5.41, 5.74) is 2.51. The van der Waals surface area contributed by atoms with Crippen molar-refractivity contribution in [3.05, 3.63) is 35.1 Å². The molecule has 3 unspecified atom stereocenters. The molecule has 136 valence electrons. The molecule has 1 aromatic rings. The van der Waals surface area contributed by atoms with Crippen LogP contribution in [0.5, 0.6) is 0 Å². The van der Waals surface area contributed by atoms with Gasteiger partial charge in [0.05, 0.1) is 17.2 Å². The van der Waals surface area contributed by atoms with Crippen LogP contribution in [0.1, 0.15) is 42.7 Å². The SMILES string of the molecule is NC(=O)C1CC2CC2([C@H](c2ccc(C(F)(F)F)cc2F)C2(O)CC2)N1. The smallest absolute Gasteiger partial charge is 0.389 e. The molecule has 0 bridgehead atoms. The van der Waals surface area contributed by atoms with Crippen molar-refractivity contribution in [3.63, 3.8) is 0 Å². The van der Waals surface area contributed by atoms with Crippen molar-refractivity contribution in [2.45, 2.75) is 55.0 Å². The van der Waals surface area contributed by atoms with Crippen LogP contribution in [0.15, 0.2) is 18.2 Å². The van der Waals surface area contributed by atoms with Crippen molar-refractivity contribution in [2.24, 2.45) is 11.7 Å². The number of carbonyl (C=O) groups is 1. The van der Waals surface area contributed by atoms with Crippen LogP contribution in [0.25, 0.3) is 0 Å². The summed E-state index contributed by atoms with van der Waals surface area (Å²) in [6.45, 7) is 0. The van der Waals surface area contributed by atoms with Crippen LogP contribution < -0.4 is 11.1 Å². The molecule has 2 aliphatic carbocycles. The number of alkyl halides is 3. The number of hydrogen-bond donors (Lipinski definition) is 3. The highest BCUT2D eigenvalue weighted by Gasteiger charge is 2.71. The van der Waals surface area contributed by atoms with E-state index in [1.165, 1.54) is 0 Å². The molecule has 1 saturated heterocycles. The molecule has 1 heterocycles. The molecule has 4 nitrogen and oxygen atoms in total. The van der Waals surface area contributed by atoms with E-state index in [1.807, 2.05) is 0 Å². The van der Waals surface area contributed by atoms with Crippen LogP contribution >= 0.6 is 0 Å². The Morgan fingerprint density at radius 2 is 2.04 bits per heavy atom. The van der Waals surface area contributed by atoms with Gasteiger partial charge in [0, 0.05) is 11.5 Å². The Labute approximate surface area is 141 Å². The maximum atomic E-state index is 14.6. The first-order valence-electron chi connectivity index (χ1n) is 8.23. The molecule has 0 aromatic heterocycles. The Hall–Kier alpha value is -1.67. The summed E-state index contributed by atoms with van der Waals surface area (Å²) in [5, 5.41) is 13.9. The maximum Gasteiger partial charge on any atom is 0.416 e. The van der Waals surface area contributed by atoms with Gasteiger partial charge in [-0.05, 0) is 49.3 Å². The minimum absolute atomic E-state index is 0.0568. The van der Waals surface area contributed by atoms with Crippen molar-refractivity contribution in [2.75, 3.05) is 0 Å². The average molecular weight is 358 g/mol. The quantitative estimate of drug-likeness (QED) is 0.721. The lowest BCUT2D eigenvalue weighted by molar-refractivity contribution is -0.137. The summed E-state index contributed by atoms with van der Waals surface area (Å²) < 4.78 is 52.9. The second kappa shape index (κ2) is 4.94. The van der Waals surface area contributed by atoms with E-state index >= 15 is 0 Å². The number of benzene rings is 1. The Morgan fingerprint density at radius 1 is 1.36 bits per heavy atom. The van der Waals surface area contributed by atoms with Crippen LogP contribution in [-0.2, 0) is 11.0 Å². The van der Waals surface area contributed by atoms with Gasteiger partial charge in [0.1, 0.15) is 5.82 Å². The lowest BCUT2D eigenvalue weighted by Gasteiger charge is -2.33. The lowest BCUT2D eigenvalue weighted by atomic mass is 9.81. The fraction of sp³-hybridized carbons (Fsp3) is 0.588. The summed E-state index contributed by atoms with van der Waals surface area (Å²) >= 11 is 0. The third kappa shape index (κ3) is 2.54. The van der Waals surface area contributed by atoms with Crippen LogP contribution in [0.4, 0.5) is 17.6 Å². The minimum atomic E-state index is -4.63. The number of nitrogens with one attached hydrogen (secondary N) is 1. The van der Waals surface area contributed by atoms with E-state index in [0.717, 1.165) is 12.1 Å². The van der Waals surface area contributed by atoms with E-state index < -0.39 is 46.6 Å². The standard InChI is InChI=1S/C17H18F4N2O2/c18-11-5-8(17(19,20)21)1-2-10(11)13(15(25)3-4-15)16-7-9(16)6-12(23-16)14(22)24/h1-2,5,9,12-13,23,25H,3-4,6-7H2,(H2,22,24)/t9?,12?,13-,16?/m1/s1. The summed E-state index contributed by atoms with van der Waals surface area (Å²) in [6.07, 6.45) is -2.58. The summed E-state index contributed by atoms with van der Waals surface area (Å²) in [4.78, 5) is 11.5. The molecule has 0 spiro atoms. The maximum absolute atomic E-state index is 14.6. The Balaban J connectivity index is 1.72.